The highest BCUT2D eigenvalue weighted by molar-refractivity contribution is 7.19. The monoisotopic (exact) mass is 292 g/mol. The number of aromatic nitrogens is 1. The second kappa shape index (κ2) is 5.15. The first-order valence-electron chi connectivity index (χ1n) is 5.76. The van der Waals surface area contributed by atoms with Crippen molar-refractivity contribution in [3.05, 3.63) is 58.3 Å². The minimum absolute atomic E-state index is 0.493. The molecule has 1 aromatic carbocycles. The van der Waals surface area contributed by atoms with E-state index in [9.17, 15) is 4.39 Å². The van der Waals surface area contributed by atoms with Crippen molar-refractivity contribution in [3.8, 4) is 0 Å². The number of pyridine rings is 1. The Morgan fingerprint density at radius 1 is 1.16 bits per heavy atom. The Labute approximate surface area is 118 Å². The van der Waals surface area contributed by atoms with Crippen LogP contribution in [0.4, 0.5) is 10.2 Å². The molecule has 2 nitrogen and oxygen atoms in total. The maximum Gasteiger partial charge on any atom is 0.214 e. The van der Waals surface area contributed by atoms with E-state index in [1.165, 1.54) is 6.07 Å². The van der Waals surface area contributed by atoms with Crippen LogP contribution >= 0.6 is 22.9 Å². The van der Waals surface area contributed by atoms with Crippen LogP contribution in [-0.4, -0.2) is 4.98 Å². The van der Waals surface area contributed by atoms with Gasteiger partial charge in [-0.05, 0) is 18.2 Å². The lowest BCUT2D eigenvalue weighted by atomic mass is 10.2. The molecule has 0 saturated heterocycles. The molecule has 3 aromatic rings. The summed E-state index contributed by atoms with van der Waals surface area (Å²) in [6.45, 7) is 0.536. The van der Waals surface area contributed by atoms with Gasteiger partial charge in [-0.3, -0.25) is 0 Å². The number of hydrogen-bond acceptors (Lipinski definition) is 3. The lowest BCUT2D eigenvalue weighted by Gasteiger charge is -2.03. The Bertz CT molecular complexity index is 726. The predicted molar refractivity (Wildman–Crippen MR) is 78.4 cm³/mol. The van der Waals surface area contributed by atoms with Crippen LogP contribution in [0, 0.1) is 5.95 Å². The quantitative estimate of drug-likeness (QED) is 0.708. The minimum atomic E-state index is -0.493. The van der Waals surface area contributed by atoms with Crippen LogP contribution in [0.3, 0.4) is 0 Å². The first-order valence-corrected chi connectivity index (χ1v) is 6.96. The van der Waals surface area contributed by atoms with Gasteiger partial charge in [-0.2, -0.15) is 4.39 Å². The molecule has 5 heteroatoms. The zero-order valence-electron chi connectivity index (χ0n) is 9.86. The van der Waals surface area contributed by atoms with E-state index in [0.717, 1.165) is 20.0 Å². The van der Waals surface area contributed by atoms with Crippen molar-refractivity contribution in [2.75, 3.05) is 5.32 Å². The van der Waals surface area contributed by atoms with Gasteiger partial charge in [0.15, 0.2) is 0 Å². The molecule has 0 bridgehead atoms. The highest BCUT2D eigenvalue weighted by Crippen LogP contribution is 2.35. The maximum atomic E-state index is 13.0. The third-order valence-electron chi connectivity index (χ3n) is 2.75. The number of nitrogens with zero attached hydrogens (tertiary/aromatic N) is 1. The average molecular weight is 293 g/mol. The first kappa shape index (κ1) is 12.4. The molecule has 0 amide bonds. The van der Waals surface area contributed by atoms with E-state index >= 15 is 0 Å². The van der Waals surface area contributed by atoms with Crippen LogP contribution in [0.25, 0.3) is 10.1 Å². The molecule has 0 fully saturated rings. The fourth-order valence-electron chi connectivity index (χ4n) is 1.86. The molecule has 0 aliphatic rings. The molecule has 96 valence electrons. The molecular formula is C14H10ClFN2S. The van der Waals surface area contributed by atoms with Gasteiger partial charge in [0.25, 0.3) is 0 Å². The molecule has 0 radical (unpaired) electrons. The summed E-state index contributed by atoms with van der Waals surface area (Å²) in [6, 6.07) is 12.7. The minimum Gasteiger partial charge on any atom is -0.365 e. The van der Waals surface area contributed by atoms with Gasteiger partial charge in [-0.25, -0.2) is 4.98 Å². The molecule has 2 aromatic heterocycles. The fraction of sp³-hybridized carbons (Fsp3) is 0.0714. The normalized spacial score (nSPS) is 10.8. The summed E-state index contributed by atoms with van der Waals surface area (Å²) < 4.78 is 14.1. The standard InChI is InChI=1S/C14H10ClFN2S/c15-14-9-4-1-2-5-10(9)19-11(14)8-17-13-7-3-6-12(16)18-13/h1-7H,8H2,(H,17,18). The lowest BCUT2D eigenvalue weighted by Crippen LogP contribution is -2.00. The third kappa shape index (κ3) is 2.55. The van der Waals surface area contributed by atoms with Crippen molar-refractivity contribution in [3.63, 3.8) is 0 Å². The summed E-state index contributed by atoms with van der Waals surface area (Å²) in [6.07, 6.45) is 0. The van der Waals surface area contributed by atoms with E-state index in [1.54, 1.807) is 23.5 Å². The van der Waals surface area contributed by atoms with Gasteiger partial charge in [-0.1, -0.05) is 35.9 Å². The zero-order chi connectivity index (χ0) is 13.2. The van der Waals surface area contributed by atoms with Crippen molar-refractivity contribution in [2.45, 2.75) is 6.54 Å². The summed E-state index contributed by atoms with van der Waals surface area (Å²) in [4.78, 5) is 4.78. The molecule has 0 aliphatic carbocycles. The Kier molecular flexibility index (Phi) is 3.36. The SMILES string of the molecule is Fc1cccc(NCc2sc3ccccc3c2Cl)n1. The highest BCUT2D eigenvalue weighted by Gasteiger charge is 2.09. The van der Waals surface area contributed by atoms with Gasteiger partial charge < -0.3 is 5.32 Å². The maximum absolute atomic E-state index is 13.0. The van der Waals surface area contributed by atoms with Gasteiger partial charge in [-0.15, -0.1) is 11.3 Å². The van der Waals surface area contributed by atoms with Crippen molar-refractivity contribution in [2.24, 2.45) is 0 Å². The van der Waals surface area contributed by atoms with Gasteiger partial charge >= 0.3 is 0 Å². The van der Waals surface area contributed by atoms with Gasteiger partial charge in [0.2, 0.25) is 5.95 Å². The number of anilines is 1. The predicted octanol–water partition coefficient (Wildman–Crippen LogP) is 4.70. The molecule has 2 heterocycles. The van der Waals surface area contributed by atoms with Crippen LogP contribution in [0.2, 0.25) is 5.02 Å². The van der Waals surface area contributed by atoms with Gasteiger partial charge in [0, 0.05) is 15.0 Å². The number of hydrogen-bond donors (Lipinski definition) is 1. The third-order valence-corrected chi connectivity index (χ3v) is 4.46. The van der Waals surface area contributed by atoms with E-state index in [2.05, 4.69) is 10.3 Å². The fourth-order valence-corrected chi connectivity index (χ4v) is 3.30. The van der Waals surface area contributed by atoms with Crippen LogP contribution < -0.4 is 5.32 Å². The Morgan fingerprint density at radius 3 is 2.79 bits per heavy atom. The molecule has 0 unspecified atom stereocenters. The largest absolute Gasteiger partial charge is 0.365 e. The highest BCUT2D eigenvalue weighted by atomic mass is 35.5. The molecule has 19 heavy (non-hydrogen) atoms. The average Bonchev–Trinajstić information content (AvgIpc) is 2.74. The Morgan fingerprint density at radius 2 is 2.00 bits per heavy atom. The second-order valence-electron chi connectivity index (χ2n) is 4.03. The van der Waals surface area contributed by atoms with Crippen LogP contribution in [-0.2, 0) is 6.54 Å². The van der Waals surface area contributed by atoms with E-state index < -0.39 is 5.95 Å². The van der Waals surface area contributed by atoms with Crippen molar-refractivity contribution >= 4 is 38.8 Å². The number of nitrogens with one attached hydrogen (secondary N) is 1. The molecule has 0 saturated carbocycles. The van der Waals surface area contributed by atoms with Gasteiger partial charge in [0.1, 0.15) is 5.82 Å². The Balaban J connectivity index is 1.84. The summed E-state index contributed by atoms with van der Waals surface area (Å²) >= 11 is 7.96. The van der Waals surface area contributed by atoms with Crippen LogP contribution in [0.5, 0.6) is 0 Å². The second-order valence-corrected chi connectivity index (χ2v) is 5.55. The van der Waals surface area contributed by atoms with E-state index in [0.29, 0.717) is 12.4 Å². The lowest BCUT2D eigenvalue weighted by molar-refractivity contribution is 0.585. The van der Waals surface area contributed by atoms with E-state index in [4.69, 9.17) is 11.6 Å². The number of benzene rings is 1. The van der Waals surface area contributed by atoms with Gasteiger partial charge in [0.05, 0.1) is 11.6 Å². The molecule has 0 aliphatic heterocycles. The van der Waals surface area contributed by atoms with E-state index in [-0.39, 0.29) is 0 Å². The number of thiophene rings is 1. The summed E-state index contributed by atoms with van der Waals surface area (Å²) in [5.74, 6) is 0.0148. The number of halogens is 2. The van der Waals surface area contributed by atoms with Crippen LogP contribution in [0.1, 0.15) is 4.88 Å². The smallest absolute Gasteiger partial charge is 0.214 e. The van der Waals surface area contributed by atoms with E-state index in [1.807, 2.05) is 24.3 Å². The first-order chi connectivity index (χ1) is 9.24. The molecule has 0 atom stereocenters. The summed E-state index contributed by atoms with van der Waals surface area (Å²) in [5.41, 5.74) is 0. The van der Waals surface area contributed by atoms with Crippen molar-refractivity contribution in [1.29, 1.82) is 0 Å². The van der Waals surface area contributed by atoms with Crippen molar-refractivity contribution in [1.82, 2.24) is 4.98 Å². The molecule has 1 N–H and O–H groups in total. The topological polar surface area (TPSA) is 24.9 Å². The van der Waals surface area contributed by atoms with Crippen LogP contribution in [0.15, 0.2) is 42.5 Å². The number of fused-ring (bicyclic) bond motifs is 1. The number of rotatable bonds is 3. The summed E-state index contributed by atoms with van der Waals surface area (Å²) in [5, 5.41) is 4.89. The molecule has 3 rings (SSSR count). The molecular weight excluding hydrogens is 283 g/mol. The molecule has 0 spiro atoms. The zero-order valence-corrected chi connectivity index (χ0v) is 11.4. The Hall–Kier alpha value is -1.65. The summed E-state index contributed by atoms with van der Waals surface area (Å²) in [7, 11) is 0. The van der Waals surface area contributed by atoms with Crippen molar-refractivity contribution < 1.29 is 4.39 Å².